The summed E-state index contributed by atoms with van der Waals surface area (Å²) >= 11 is 0. The molecule has 0 aliphatic carbocycles. The first kappa shape index (κ1) is 16.4. The smallest absolute Gasteiger partial charge is 0.404 e. The van der Waals surface area contributed by atoms with Gasteiger partial charge in [0.2, 0.25) is 0 Å². The van der Waals surface area contributed by atoms with Crippen LogP contribution in [0.5, 0.6) is 0 Å². The van der Waals surface area contributed by atoms with Crippen LogP contribution in [0.1, 0.15) is 19.3 Å². The van der Waals surface area contributed by atoms with Gasteiger partial charge < -0.3 is 15.3 Å². The molecule has 1 aliphatic heterocycles. The number of fused-ring (bicyclic) bond motifs is 1. The fourth-order valence-corrected chi connectivity index (χ4v) is 3.51. The van der Waals surface area contributed by atoms with Crippen LogP contribution in [0.15, 0.2) is 30.9 Å². The largest absolute Gasteiger partial charge is 0.465 e. The Morgan fingerprint density at radius 1 is 1.35 bits per heavy atom. The molecule has 1 fully saturated rings. The molecule has 1 aliphatic rings. The molecule has 0 bridgehead atoms. The first-order valence-electron chi connectivity index (χ1n) is 8.68. The molecule has 1 atom stereocenters. The van der Waals surface area contributed by atoms with Gasteiger partial charge in [-0.1, -0.05) is 0 Å². The van der Waals surface area contributed by atoms with Crippen molar-refractivity contribution in [2.24, 2.45) is 7.05 Å². The number of carboxylic acid groups (broad SMARTS) is 1. The fourth-order valence-electron chi connectivity index (χ4n) is 3.51. The Balaban J connectivity index is 1.75. The molecule has 4 heterocycles. The molecule has 9 nitrogen and oxygen atoms in total. The monoisotopic (exact) mass is 355 g/mol. The second kappa shape index (κ2) is 6.66. The Morgan fingerprint density at radius 2 is 2.23 bits per heavy atom. The lowest BCUT2D eigenvalue weighted by Crippen LogP contribution is -2.47. The first-order valence-corrected chi connectivity index (χ1v) is 8.68. The number of aromatic nitrogens is 5. The molecule has 0 spiro atoms. The van der Waals surface area contributed by atoms with Crippen LogP contribution in [0.4, 0.5) is 10.6 Å². The molecule has 3 aromatic rings. The minimum atomic E-state index is -0.998. The highest BCUT2D eigenvalue weighted by molar-refractivity contribution is 5.73. The third kappa shape index (κ3) is 3.07. The molecule has 0 saturated carbocycles. The van der Waals surface area contributed by atoms with Crippen molar-refractivity contribution in [2.45, 2.75) is 25.3 Å². The van der Waals surface area contributed by atoms with Crippen LogP contribution < -0.4 is 10.2 Å². The second-order valence-electron chi connectivity index (χ2n) is 6.54. The summed E-state index contributed by atoms with van der Waals surface area (Å²) in [4.78, 5) is 18.0. The Morgan fingerprint density at radius 3 is 3.00 bits per heavy atom. The molecule has 26 heavy (non-hydrogen) atoms. The maximum atomic E-state index is 10.9. The number of nitrogens with one attached hydrogen (secondary N) is 1. The van der Waals surface area contributed by atoms with E-state index in [0.29, 0.717) is 6.54 Å². The van der Waals surface area contributed by atoms with Gasteiger partial charge in [0.05, 0.1) is 24.3 Å². The Hall–Kier alpha value is -3.10. The molecule has 1 saturated heterocycles. The number of amides is 1. The highest BCUT2D eigenvalue weighted by atomic mass is 16.4. The van der Waals surface area contributed by atoms with Crippen molar-refractivity contribution in [3.05, 3.63) is 30.9 Å². The van der Waals surface area contributed by atoms with E-state index in [-0.39, 0.29) is 6.04 Å². The molecule has 4 rings (SSSR count). The van der Waals surface area contributed by atoms with Gasteiger partial charge in [-0.25, -0.2) is 14.3 Å². The van der Waals surface area contributed by atoms with Crippen LogP contribution in [0, 0.1) is 0 Å². The molecule has 9 heteroatoms. The average molecular weight is 355 g/mol. The van der Waals surface area contributed by atoms with Crippen LogP contribution in [0.2, 0.25) is 0 Å². The molecular formula is C17H21N7O2. The summed E-state index contributed by atoms with van der Waals surface area (Å²) in [5.74, 6) is 0.834. The molecule has 3 aromatic heterocycles. The van der Waals surface area contributed by atoms with E-state index in [1.54, 1.807) is 17.1 Å². The molecular weight excluding hydrogens is 334 g/mol. The summed E-state index contributed by atoms with van der Waals surface area (Å²) < 4.78 is 3.56. The molecule has 0 radical (unpaired) electrons. The van der Waals surface area contributed by atoms with E-state index in [0.717, 1.165) is 48.4 Å². The van der Waals surface area contributed by atoms with Gasteiger partial charge in [0, 0.05) is 37.9 Å². The molecule has 2 N–H and O–H groups in total. The molecule has 1 amide bonds. The van der Waals surface area contributed by atoms with Crippen molar-refractivity contribution >= 4 is 17.4 Å². The molecule has 0 aromatic carbocycles. The Bertz CT molecular complexity index is 932. The SMILES string of the molecule is Cn1cc(-c2cn3nccc3c(N3CCCCC3CNC(=O)O)n2)cn1. The minimum Gasteiger partial charge on any atom is -0.465 e. The van der Waals surface area contributed by atoms with Crippen molar-refractivity contribution in [1.82, 2.24) is 29.7 Å². The van der Waals surface area contributed by atoms with E-state index < -0.39 is 6.09 Å². The topological polar surface area (TPSA) is 101 Å². The minimum absolute atomic E-state index is 0.0789. The predicted octanol–water partition coefficient (Wildman–Crippen LogP) is 1.76. The van der Waals surface area contributed by atoms with Crippen LogP contribution in [-0.4, -0.2) is 54.7 Å². The van der Waals surface area contributed by atoms with Crippen molar-refractivity contribution < 1.29 is 9.90 Å². The number of nitrogens with zero attached hydrogens (tertiary/aromatic N) is 6. The summed E-state index contributed by atoms with van der Waals surface area (Å²) in [6.45, 7) is 1.23. The number of piperidine rings is 1. The van der Waals surface area contributed by atoms with Crippen LogP contribution in [0.25, 0.3) is 16.8 Å². The van der Waals surface area contributed by atoms with Crippen LogP contribution >= 0.6 is 0 Å². The van der Waals surface area contributed by atoms with E-state index in [2.05, 4.69) is 20.4 Å². The summed E-state index contributed by atoms with van der Waals surface area (Å²) in [7, 11) is 1.87. The van der Waals surface area contributed by atoms with E-state index in [9.17, 15) is 4.79 Å². The van der Waals surface area contributed by atoms with Crippen molar-refractivity contribution in [3.63, 3.8) is 0 Å². The highest BCUT2D eigenvalue weighted by Crippen LogP contribution is 2.29. The quantitative estimate of drug-likeness (QED) is 0.740. The lowest BCUT2D eigenvalue weighted by Gasteiger charge is -2.37. The molecule has 136 valence electrons. The zero-order valence-corrected chi connectivity index (χ0v) is 14.5. The van der Waals surface area contributed by atoms with E-state index in [1.807, 2.05) is 30.0 Å². The standard InChI is InChI=1S/C17H21N7O2/c1-22-10-12(8-20-22)14-11-24-15(5-6-19-24)16(21-14)23-7-3-2-4-13(23)9-18-17(25)26/h5-6,8,10-11,13,18H,2-4,7,9H2,1H3,(H,25,26). The lowest BCUT2D eigenvalue weighted by atomic mass is 10.0. The van der Waals surface area contributed by atoms with Gasteiger partial charge in [-0.2, -0.15) is 10.2 Å². The van der Waals surface area contributed by atoms with Crippen LogP contribution in [-0.2, 0) is 7.05 Å². The number of hydrogen-bond acceptors (Lipinski definition) is 5. The zero-order chi connectivity index (χ0) is 18.1. The number of hydrogen-bond donors (Lipinski definition) is 2. The highest BCUT2D eigenvalue weighted by Gasteiger charge is 2.26. The average Bonchev–Trinajstić information content (AvgIpc) is 3.28. The van der Waals surface area contributed by atoms with Gasteiger partial charge in [-0.3, -0.25) is 4.68 Å². The number of carbonyl (C=O) groups is 1. The third-order valence-corrected chi connectivity index (χ3v) is 4.76. The van der Waals surface area contributed by atoms with Gasteiger partial charge in [-0.05, 0) is 25.3 Å². The van der Waals surface area contributed by atoms with Gasteiger partial charge in [0.15, 0.2) is 5.82 Å². The fraction of sp³-hybridized carbons (Fsp3) is 0.412. The van der Waals surface area contributed by atoms with Gasteiger partial charge in [0.1, 0.15) is 5.52 Å². The number of rotatable bonds is 4. The maximum Gasteiger partial charge on any atom is 0.404 e. The van der Waals surface area contributed by atoms with Crippen molar-refractivity contribution in [3.8, 4) is 11.3 Å². The second-order valence-corrected chi connectivity index (χ2v) is 6.54. The zero-order valence-electron chi connectivity index (χ0n) is 14.5. The van der Waals surface area contributed by atoms with Gasteiger partial charge >= 0.3 is 6.09 Å². The number of anilines is 1. The van der Waals surface area contributed by atoms with E-state index in [4.69, 9.17) is 10.1 Å². The third-order valence-electron chi connectivity index (χ3n) is 4.76. The van der Waals surface area contributed by atoms with E-state index >= 15 is 0 Å². The van der Waals surface area contributed by atoms with Crippen molar-refractivity contribution in [2.75, 3.05) is 18.0 Å². The Kier molecular flexibility index (Phi) is 4.19. The summed E-state index contributed by atoms with van der Waals surface area (Å²) in [5, 5.41) is 20.1. The summed E-state index contributed by atoms with van der Waals surface area (Å²) in [6.07, 6.45) is 9.42. The predicted molar refractivity (Wildman–Crippen MR) is 96.2 cm³/mol. The lowest BCUT2D eigenvalue weighted by molar-refractivity contribution is 0.193. The van der Waals surface area contributed by atoms with Crippen LogP contribution in [0.3, 0.4) is 0 Å². The van der Waals surface area contributed by atoms with E-state index in [1.165, 1.54) is 0 Å². The Labute approximate surface area is 150 Å². The van der Waals surface area contributed by atoms with Gasteiger partial charge in [0.25, 0.3) is 0 Å². The summed E-state index contributed by atoms with van der Waals surface area (Å²) in [6, 6.07) is 2.02. The normalized spacial score (nSPS) is 17.6. The van der Waals surface area contributed by atoms with Crippen molar-refractivity contribution in [1.29, 1.82) is 0 Å². The summed E-state index contributed by atoms with van der Waals surface area (Å²) in [5.41, 5.74) is 2.63. The first-order chi connectivity index (χ1) is 12.6. The maximum absolute atomic E-state index is 10.9. The molecule has 1 unspecified atom stereocenters. The number of aryl methyl sites for hydroxylation is 1. The van der Waals surface area contributed by atoms with Gasteiger partial charge in [-0.15, -0.1) is 0 Å².